The molecule has 1 saturated heterocycles. The van der Waals surface area contributed by atoms with Gasteiger partial charge in [0.2, 0.25) is 10.0 Å². The molecule has 8 heteroatoms. The number of aliphatic hydroxyl groups excluding tert-OH is 1. The van der Waals surface area contributed by atoms with E-state index in [1.807, 2.05) is 0 Å². The van der Waals surface area contributed by atoms with Crippen molar-refractivity contribution < 1.29 is 18.3 Å². The lowest BCUT2D eigenvalue weighted by Crippen LogP contribution is -2.41. The van der Waals surface area contributed by atoms with Gasteiger partial charge in [-0.15, -0.1) is 0 Å². The van der Waals surface area contributed by atoms with Crippen LogP contribution in [0.1, 0.15) is 5.69 Å². The lowest BCUT2D eigenvalue weighted by Gasteiger charge is -2.26. The molecule has 2 heterocycles. The SMILES string of the molecule is Cn1cc(S(=O)(=O)NCCN2CCOCC2)cc1CO. The fraction of sp³-hybridized carbons (Fsp3) is 0.667. The van der Waals surface area contributed by atoms with Gasteiger partial charge in [-0.25, -0.2) is 13.1 Å². The van der Waals surface area contributed by atoms with Gasteiger partial charge in [-0.3, -0.25) is 4.90 Å². The van der Waals surface area contributed by atoms with Crippen molar-refractivity contribution >= 4 is 10.0 Å². The van der Waals surface area contributed by atoms with Crippen molar-refractivity contribution in [1.29, 1.82) is 0 Å². The molecule has 2 N–H and O–H groups in total. The minimum Gasteiger partial charge on any atom is -0.390 e. The summed E-state index contributed by atoms with van der Waals surface area (Å²) in [5.41, 5.74) is 0.568. The summed E-state index contributed by atoms with van der Waals surface area (Å²) in [7, 11) is -1.81. The van der Waals surface area contributed by atoms with Crippen LogP contribution in [-0.4, -0.2) is 62.4 Å². The number of aliphatic hydroxyl groups is 1. The maximum absolute atomic E-state index is 12.1. The molecular weight excluding hydrogens is 282 g/mol. The van der Waals surface area contributed by atoms with Gasteiger partial charge in [0, 0.05) is 45.1 Å². The van der Waals surface area contributed by atoms with Gasteiger partial charge in [-0.1, -0.05) is 0 Å². The van der Waals surface area contributed by atoms with Crippen LogP contribution < -0.4 is 4.72 Å². The second kappa shape index (κ2) is 6.68. The molecule has 0 aromatic carbocycles. The first-order valence-corrected chi connectivity index (χ1v) is 8.07. The number of nitrogens with one attached hydrogen (secondary N) is 1. The van der Waals surface area contributed by atoms with E-state index in [2.05, 4.69) is 9.62 Å². The van der Waals surface area contributed by atoms with E-state index in [9.17, 15) is 8.42 Å². The maximum Gasteiger partial charge on any atom is 0.242 e. The quantitative estimate of drug-likeness (QED) is 0.713. The van der Waals surface area contributed by atoms with E-state index in [4.69, 9.17) is 9.84 Å². The molecule has 1 aliphatic rings. The van der Waals surface area contributed by atoms with E-state index in [0.717, 1.165) is 13.1 Å². The normalized spacial score (nSPS) is 17.5. The summed E-state index contributed by atoms with van der Waals surface area (Å²) in [5, 5.41) is 9.09. The molecule has 0 unspecified atom stereocenters. The molecule has 0 amide bonds. The van der Waals surface area contributed by atoms with Crippen molar-refractivity contribution in [1.82, 2.24) is 14.2 Å². The maximum atomic E-state index is 12.1. The number of ether oxygens (including phenoxy) is 1. The van der Waals surface area contributed by atoms with Crippen LogP contribution in [0.2, 0.25) is 0 Å². The number of rotatable bonds is 6. The number of aryl methyl sites for hydroxylation is 1. The van der Waals surface area contributed by atoms with Gasteiger partial charge in [-0.2, -0.15) is 0 Å². The Bertz CT molecular complexity index is 535. The molecule has 0 aliphatic carbocycles. The predicted molar refractivity (Wildman–Crippen MR) is 73.8 cm³/mol. The first-order chi connectivity index (χ1) is 9.53. The van der Waals surface area contributed by atoms with E-state index in [1.54, 1.807) is 11.6 Å². The number of aromatic nitrogens is 1. The smallest absolute Gasteiger partial charge is 0.242 e. The zero-order chi connectivity index (χ0) is 14.6. The second-order valence-electron chi connectivity index (χ2n) is 4.79. The van der Waals surface area contributed by atoms with Crippen molar-refractivity contribution in [2.75, 3.05) is 39.4 Å². The Balaban J connectivity index is 1.89. The molecule has 114 valence electrons. The summed E-state index contributed by atoms with van der Waals surface area (Å²) in [6.07, 6.45) is 1.50. The van der Waals surface area contributed by atoms with Gasteiger partial charge in [0.15, 0.2) is 0 Å². The zero-order valence-corrected chi connectivity index (χ0v) is 12.4. The highest BCUT2D eigenvalue weighted by Crippen LogP contribution is 2.13. The third-order valence-corrected chi connectivity index (χ3v) is 4.81. The van der Waals surface area contributed by atoms with Crippen LogP contribution in [-0.2, 0) is 28.4 Å². The number of hydrogen-bond donors (Lipinski definition) is 2. The lowest BCUT2D eigenvalue weighted by atomic mass is 10.4. The highest BCUT2D eigenvalue weighted by Gasteiger charge is 2.18. The van der Waals surface area contributed by atoms with Crippen molar-refractivity contribution in [3.63, 3.8) is 0 Å². The van der Waals surface area contributed by atoms with Gasteiger partial charge >= 0.3 is 0 Å². The molecule has 0 saturated carbocycles. The van der Waals surface area contributed by atoms with Crippen LogP contribution in [0.15, 0.2) is 17.2 Å². The monoisotopic (exact) mass is 303 g/mol. The highest BCUT2D eigenvalue weighted by atomic mass is 32.2. The molecule has 2 rings (SSSR count). The summed E-state index contributed by atoms with van der Waals surface area (Å²) in [6, 6.07) is 1.48. The van der Waals surface area contributed by atoms with Crippen LogP contribution in [0.25, 0.3) is 0 Å². The Labute approximate surface area is 119 Å². The van der Waals surface area contributed by atoms with Crippen molar-refractivity contribution in [3.05, 3.63) is 18.0 Å². The standard InChI is InChI=1S/C12H21N3O4S/c1-14-9-12(8-11(14)10-16)20(17,18)13-2-3-15-4-6-19-7-5-15/h8-9,13,16H,2-7,10H2,1H3. The van der Waals surface area contributed by atoms with Crippen LogP contribution in [0.4, 0.5) is 0 Å². The summed E-state index contributed by atoms with van der Waals surface area (Å²) in [4.78, 5) is 2.35. The number of morpholine rings is 1. The third kappa shape index (κ3) is 3.80. The van der Waals surface area contributed by atoms with Crippen molar-refractivity contribution in [2.24, 2.45) is 7.05 Å². The molecule has 7 nitrogen and oxygen atoms in total. The molecule has 1 aromatic heterocycles. The molecular formula is C12H21N3O4S. The first kappa shape index (κ1) is 15.5. The lowest BCUT2D eigenvalue weighted by molar-refractivity contribution is 0.0390. The highest BCUT2D eigenvalue weighted by molar-refractivity contribution is 7.89. The average molecular weight is 303 g/mol. The molecule has 0 radical (unpaired) electrons. The van der Waals surface area contributed by atoms with Crippen LogP contribution in [0.3, 0.4) is 0 Å². The molecule has 0 atom stereocenters. The minimum atomic E-state index is -3.51. The van der Waals surface area contributed by atoms with Gasteiger partial charge in [0.1, 0.15) is 0 Å². The van der Waals surface area contributed by atoms with E-state index >= 15 is 0 Å². The molecule has 0 spiro atoms. The summed E-state index contributed by atoms with van der Waals surface area (Å²) in [6.45, 7) is 3.92. The van der Waals surface area contributed by atoms with Gasteiger partial charge in [0.05, 0.1) is 24.7 Å². The third-order valence-electron chi connectivity index (χ3n) is 3.38. The molecule has 1 fully saturated rings. The van der Waals surface area contributed by atoms with Gasteiger partial charge in [-0.05, 0) is 6.07 Å². The van der Waals surface area contributed by atoms with E-state index in [0.29, 0.717) is 32.0 Å². The predicted octanol–water partition coefficient (Wildman–Crippen LogP) is -0.872. The summed E-state index contributed by atoms with van der Waals surface area (Å²) < 4.78 is 33.6. The number of nitrogens with zero attached hydrogens (tertiary/aromatic N) is 2. The van der Waals surface area contributed by atoms with E-state index in [1.165, 1.54) is 12.3 Å². The largest absolute Gasteiger partial charge is 0.390 e. The fourth-order valence-corrected chi connectivity index (χ4v) is 3.24. The Morgan fingerprint density at radius 1 is 1.40 bits per heavy atom. The van der Waals surface area contributed by atoms with Crippen LogP contribution >= 0.6 is 0 Å². The van der Waals surface area contributed by atoms with Crippen LogP contribution in [0.5, 0.6) is 0 Å². The summed E-state index contributed by atoms with van der Waals surface area (Å²) in [5.74, 6) is 0. The summed E-state index contributed by atoms with van der Waals surface area (Å²) >= 11 is 0. The first-order valence-electron chi connectivity index (χ1n) is 6.59. The Morgan fingerprint density at radius 2 is 2.10 bits per heavy atom. The van der Waals surface area contributed by atoms with Gasteiger partial charge in [0.25, 0.3) is 0 Å². The zero-order valence-electron chi connectivity index (χ0n) is 11.6. The van der Waals surface area contributed by atoms with E-state index in [-0.39, 0.29) is 11.5 Å². The Hall–Kier alpha value is -0.930. The molecule has 1 aromatic rings. The Kier molecular flexibility index (Phi) is 5.17. The average Bonchev–Trinajstić information content (AvgIpc) is 2.82. The second-order valence-corrected chi connectivity index (χ2v) is 6.55. The molecule has 20 heavy (non-hydrogen) atoms. The van der Waals surface area contributed by atoms with Crippen LogP contribution in [0, 0.1) is 0 Å². The van der Waals surface area contributed by atoms with Crippen molar-refractivity contribution in [3.8, 4) is 0 Å². The number of hydrogen-bond acceptors (Lipinski definition) is 5. The van der Waals surface area contributed by atoms with Gasteiger partial charge < -0.3 is 14.4 Å². The van der Waals surface area contributed by atoms with Crippen molar-refractivity contribution in [2.45, 2.75) is 11.5 Å². The minimum absolute atomic E-state index is 0.181. The molecule has 0 bridgehead atoms. The van der Waals surface area contributed by atoms with E-state index < -0.39 is 10.0 Å². The Morgan fingerprint density at radius 3 is 2.70 bits per heavy atom. The number of sulfonamides is 1. The topological polar surface area (TPSA) is 83.8 Å². The fourth-order valence-electron chi connectivity index (χ4n) is 2.13. The molecule has 1 aliphatic heterocycles.